The maximum absolute atomic E-state index is 12.2. The highest BCUT2D eigenvalue weighted by molar-refractivity contribution is 6.50. The van der Waals surface area contributed by atoms with Gasteiger partial charge >= 0.3 is 0 Å². The largest absolute Gasteiger partial charge is 0.398 e. The first-order valence-electron chi connectivity index (χ1n) is 6.02. The molecule has 0 fully saturated rings. The van der Waals surface area contributed by atoms with Crippen molar-refractivity contribution in [2.45, 2.75) is 13.8 Å². The highest BCUT2D eigenvalue weighted by atomic mass is 16.2. The lowest BCUT2D eigenvalue weighted by atomic mass is 9.96. The Morgan fingerprint density at radius 3 is 2.00 bits per heavy atom. The summed E-state index contributed by atoms with van der Waals surface area (Å²) in [4.78, 5) is 24.5. The Labute approximate surface area is 112 Å². The SMILES string of the molecule is Cc1ccccc1C(=O)C(=O)c1cccc(C)c1N. The van der Waals surface area contributed by atoms with Crippen LogP contribution < -0.4 is 5.73 Å². The minimum atomic E-state index is -0.560. The number of nitrogens with two attached hydrogens (primary N) is 1. The number of rotatable bonds is 3. The van der Waals surface area contributed by atoms with Crippen LogP contribution in [0.4, 0.5) is 5.69 Å². The highest BCUT2D eigenvalue weighted by Crippen LogP contribution is 2.19. The Morgan fingerprint density at radius 2 is 1.32 bits per heavy atom. The van der Waals surface area contributed by atoms with Crippen molar-refractivity contribution in [2.24, 2.45) is 0 Å². The lowest BCUT2D eigenvalue weighted by Gasteiger charge is -2.08. The second-order valence-electron chi connectivity index (χ2n) is 4.51. The minimum absolute atomic E-state index is 0.272. The fourth-order valence-electron chi connectivity index (χ4n) is 1.95. The van der Waals surface area contributed by atoms with Crippen molar-refractivity contribution in [3.05, 3.63) is 64.7 Å². The van der Waals surface area contributed by atoms with Crippen LogP contribution >= 0.6 is 0 Å². The zero-order chi connectivity index (χ0) is 14.0. The van der Waals surface area contributed by atoms with Gasteiger partial charge < -0.3 is 5.73 Å². The normalized spacial score (nSPS) is 10.2. The number of hydrogen-bond acceptors (Lipinski definition) is 3. The number of anilines is 1. The fraction of sp³-hybridized carbons (Fsp3) is 0.125. The molecule has 0 amide bonds. The first-order valence-corrected chi connectivity index (χ1v) is 6.02. The summed E-state index contributed by atoms with van der Waals surface area (Å²) in [7, 11) is 0. The average molecular weight is 253 g/mol. The van der Waals surface area contributed by atoms with Crippen LogP contribution in [0.2, 0.25) is 0 Å². The summed E-state index contributed by atoms with van der Waals surface area (Å²) in [5.41, 5.74) is 8.51. The van der Waals surface area contributed by atoms with E-state index >= 15 is 0 Å². The first-order chi connectivity index (χ1) is 9.02. The number of carbonyl (C=O) groups excluding carboxylic acids is 2. The van der Waals surface area contributed by atoms with E-state index in [4.69, 9.17) is 5.73 Å². The van der Waals surface area contributed by atoms with E-state index in [9.17, 15) is 9.59 Å². The van der Waals surface area contributed by atoms with Crippen LogP contribution in [0, 0.1) is 13.8 Å². The standard InChI is InChI=1S/C16H15NO2/c1-10-6-3-4-8-12(10)15(18)16(19)13-9-5-7-11(2)14(13)17/h3-9H,17H2,1-2H3. The van der Waals surface area contributed by atoms with Gasteiger partial charge in [-0.3, -0.25) is 9.59 Å². The van der Waals surface area contributed by atoms with Crippen LogP contribution in [0.25, 0.3) is 0 Å². The van der Waals surface area contributed by atoms with Crippen molar-refractivity contribution in [3.63, 3.8) is 0 Å². The van der Waals surface area contributed by atoms with Gasteiger partial charge in [-0.05, 0) is 31.0 Å². The Bertz CT molecular complexity index is 660. The molecule has 2 aromatic rings. The van der Waals surface area contributed by atoms with E-state index < -0.39 is 11.6 Å². The van der Waals surface area contributed by atoms with Crippen LogP contribution in [0.5, 0.6) is 0 Å². The third-order valence-electron chi connectivity index (χ3n) is 3.16. The van der Waals surface area contributed by atoms with E-state index in [0.29, 0.717) is 11.3 Å². The van der Waals surface area contributed by atoms with E-state index in [2.05, 4.69) is 0 Å². The minimum Gasteiger partial charge on any atom is -0.398 e. The van der Waals surface area contributed by atoms with Crippen molar-refractivity contribution in [3.8, 4) is 0 Å². The number of Topliss-reactive ketones (excluding diaryl/α,β-unsaturated/α-hetero) is 2. The number of ketones is 2. The number of benzene rings is 2. The predicted molar refractivity (Wildman–Crippen MR) is 75.4 cm³/mol. The molecule has 0 aliphatic heterocycles. The predicted octanol–water partition coefficient (Wildman–Crippen LogP) is 2.95. The molecule has 3 heteroatoms. The van der Waals surface area contributed by atoms with E-state index in [1.165, 1.54) is 0 Å². The fourth-order valence-corrected chi connectivity index (χ4v) is 1.95. The summed E-state index contributed by atoms with van der Waals surface area (Å²) >= 11 is 0. The highest BCUT2D eigenvalue weighted by Gasteiger charge is 2.21. The van der Waals surface area contributed by atoms with Crippen molar-refractivity contribution in [1.82, 2.24) is 0 Å². The maximum Gasteiger partial charge on any atom is 0.235 e. The second-order valence-corrected chi connectivity index (χ2v) is 4.51. The molecule has 0 unspecified atom stereocenters. The molecule has 0 saturated carbocycles. The molecule has 0 aliphatic carbocycles. The van der Waals surface area contributed by atoms with Gasteiger partial charge in [0.25, 0.3) is 0 Å². The number of hydrogen-bond donors (Lipinski definition) is 1. The topological polar surface area (TPSA) is 60.2 Å². The molecule has 2 aromatic carbocycles. The molecule has 3 nitrogen and oxygen atoms in total. The molecule has 2 rings (SSSR count). The van der Waals surface area contributed by atoms with E-state index in [0.717, 1.165) is 11.1 Å². The molecule has 96 valence electrons. The molecule has 0 aliphatic rings. The van der Waals surface area contributed by atoms with Crippen LogP contribution in [0.1, 0.15) is 31.8 Å². The summed E-state index contributed by atoms with van der Waals surface area (Å²) in [6, 6.07) is 12.2. The van der Waals surface area contributed by atoms with Gasteiger partial charge in [0.05, 0.1) is 0 Å². The molecule has 19 heavy (non-hydrogen) atoms. The quantitative estimate of drug-likeness (QED) is 0.519. The number of nitrogen functional groups attached to an aromatic ring is 1. The van der Waals surface area contributed by atoms with Crippen molar-refractivity contribution in [1.29, 1.82) is 0 Å². The third kappa shape index (κ3) is 2.40. The molecule has 0 heterocycles. The lowest BCUT2D eigenvalue weighted by Crippen LogP contribution is -2.17. The summed E-state index contributed by atoms with van der Waals surface area (Å²) in [6.45, 7) is 3.62. The van der Waals surface area contributed by atoms with Gasteiger partial charge in [-0.1, -0.05) is 36.4 Å². The Kier molecular flexibility index (Phi) is 3.47. The Hall–Kier alpha value is -2.42. The Balaban J connectivity index is 2.43. The van der Waals surface area contributed by atoms with Gasteiger partial charge in [-0.25, -0.2) is 0 Å². The molecule has 0 saturated heterocycles. The molecular formula is C16H15NO2. The van der Waals surface area contributed by atoms with Crippen LogP contribution in [-0.4, -0.2) is 11.6 Å². The van der Waals surface area contributed by atoms with E-state index in [1.807, 2.05) is 19.1 Å². The summed E-state index contributed by atoms with van der Waals surface area (Å²) in [5, 5.41) is 0. The van der Waals surface area contributed by atoms with E-state index in [-0.39, 0.29) is 5.56 Å². The smallest absolute Gasteiger partial charge is 0.235 e. The lowest BCUT2D eigenvalue weighted by molar-refractivity contribution is 0.0817. The van der Waals surface area contributed by atoms with E-state index in [1.54, 1.807) is 37.3 Å². The monoisotopic (exact) mass is 253 g/mol. The summed E-state index contributed by atoms with van der Waals surface area (Å²) < 4.78 is 0. The molecule has 0 atom stereocenters. The van der Waals surface area contributed by atoms with Gasteiger partial charge in [-0.2, -0.15) is 0 Å². The number of para-hydroxylation sites is 1. The summed E-state index contributed by atoms with van der Waals surface area (Å²) in [5.74, 6) is -1.08. The third-order valence-corrected chi connectivity index (χ3v) is 3.16. The van der Waals surface area contributed by atoms with Crippen LogP contribution in [0.3, 0.4) is 0 Å². The summed E-state index contributed by atoms with van der Waals surface area (Å²) in [6.07, 6.45) is 0. The average Bonchev–Trinajstić information content (AvgIpc) is 2.41. The van der Waals surface area contributed by atoms with Crippen molar-refractivity contribution < 1.29 is 9.59 Å². The second kappa shape index (κ2) is 5.06. The van der Waals surface area contributed by atoms with Gasteiger partial charge in [0.15, 0.2) is 0 Å². The van der Waals surface area contributed by atoms with Crippen LogP contribution in [0.15, 0.2) is 42.5 Å². The number of aryl methyl sites for hydroxylation is 2. The van der Waals surface area contributed by atoms with Crippen molar-refractivity contribution >= 4 is 17.3 Å². The molecular weight excluding hydrogens is 238 g/mol. The maximum atomic E-state index is 12.2. The molecule has 0 radical (unpaired) electrons. The zero-order valence-electron chi connectivity index (χ0n) is 10.9. The molecule has 0 spiro atoms. The van der Waals surface area contributed by atoms with Gasteiger partial charge in [0.2, 0.25) is 11.6 Å². The first kappa shape index (κ1) is 13.0. The molecule has 2 N–H and O–H groups in total. The van der Waals surface area contributed by atoms with Gasteiger partial charge in [-0.15, -0.1) is 0 Å². The van der Waals surface area contributed by atoms with Crippen molar-refractivity contribution in [2.75, 3.05) is 5.73 Å². The zero-order valence-corrected chi connectivity index (χ0v) is 10.9. The molecule has 0 aromatic heterocycles. The van der Waals surface area contributed by atoms with Crippen LogP contribution in [-0.2, 0) is 0 Å². The molecule has 0 bridgehead atoms. The number of carbonyl (C=O) groups is 2. The van der Waals surface area contributed by atoms with Gasteiger partial charge in [0.1, 0.15) is 0 Å². The Morgan fingerprint density at radius 1 is 0.789 bits per heavy atom. The van der Waals surface area contributed by atoms with Gasteiger partial charge in [0, 0.05) is 16.8 Å².